The maximum atomic E-state index is 12.2. The fourth-order valence-corrected chi connectivity index (χ4v) is 2.52. The third-order valence-electron chi connectivity index (χ3n) is 3.42. The predicted molar refractivity (Wildman–Crippen MR) is 86.1 cm³/mol. The summed E-state index contributed by atoms with van der Waals surface area (Å²) in [4.78, 5) is 48.1. The number of nitrogens with one attached hydrogen (secondary N) is 1. The maximum Gasteiger partial charge on any atom is 0.305 e. The fourth-order valence-electron chi connectivity index (χ4n) is 2.19. The highest BCUT2D eigenvalue weighted by Crippen LogP contribution is 2.31. The first-order valence-electron chi connectivity index (χ1n) is 7.04. The van der Waals surface area contributed by atoms with E-state index >= 15 is 0 Å². The van der Waals surface area contributed by atoms with E-state index in [1.807, 2.05) is 0 Å². The molecule has 9 heteroatoms. The Labute approximate surface area is 147 Å². The summed E-state index contributed by atoms with van der Waals surface area (Å²) in [5.41, 5.74) is 0.237. The van der Waals surface area contributed by atoms with E-state index in [9.17, 15) is 19.2 Å². The second kappa shape index (κ2) is 7.63. The van der Waals surface area contributed by atoms with Gasteiger partial charge in [0.25, 0.3) is 11.8 Å². The zero-order chi connectivity index (χ0) is 17.9. The van der Waals surface area contributed by atoms with Crippen LogP contribution in [0.15, 0.2) is 12.1 Å². The standard InChI is InChI=1S/C15H14Cl2N2O5/c1-24-13(21)3-2-4-18-12(20)7-19-14(22)8-5-10(16)11(17)6-9(8)15(19)23/h5-6H,2-4,7H2,1H3,(H,18,20). The summed E-state index contributed by atoms with van der Waals surface area (Å²) < 4.78 is 4.48. The number of fused-ring (bicyclic) bond motifs is 1. The average molecular weight is 373 g/mol. The monoisotopic (exact) mass is 372 g/mol. The van der Waals surface area contributed by atoms with Gasteiger partial charge < -0.3 is 10.1 Å². The maximum absolute atomic E-state index is 12.2. The molecule has 2 rings (SSSR count). The SMILES string of the molecule is COC(=O)CCCNC(=O)CN1C(=O)c2cc(Cl)c(Cl)cc2C1=O. The Morgan fingerprint density at radius 1 is 1.12 bits per heavy atom. The van der Waals surface area contributed by atoms with Crippen LogP contribution in [0.25, 0.3) is 0 Å². The molecular weight excluding hydrogens is 359 g/mol. The van der Waals surface area contributed by atoms with Crippen molar-refractivity contribution in [3.63, 3.8) is 0 Å². The van der Waals surface area contributed by atoms with Gasteiger partial charge in [0.05, 0.1) is 28.3 Å². The molecule has 1 aliphatic heterocycles. The van der Waals surface area contributed by atoms with E-state index in [0.717, 1.165) is 4.90 Å². The Hall–Kier alpha value is -2.12. The second-order valence-electron chi connectivity index (χ2n) is 5.04. The molecule has 0 unspecified atom stereocenters. The van der Waals surface area contributed by atoms with Crippen molar-refractivity contribution in [1.82, 2.24) is 10.2 Å². The number of ether oxygens (including phenoxy) is 1. The Morgan fingerprint density at radius 2 is 1.67 bits per heavy atom. The summed E-state index contributed by atoms with van der Waals surface area (Å²) in [6.45, 7) is -0.186. The van der Waals surface area contributed by atoms with Crippen LogP contribution in [0.1, 0.15) is 33.6 Å². The summed E-state index contributed by atoms with van der Waals surface area (Å²) in [6, 6.07) is 2.63. The number of halogens is 2. The molecule has 1 aromatic rings. The Bertz CT molecular complexity index is 679. The van der Waals surface area contributed by atoms with E-state index in [2.05, 4.69) is 10.1 Å². The van der Waals surface area contributed by atoms with Gasteiger partial charge in [-0.15, -0.1) is 0 Å². The van der Waals surface area contributed by atoms with E-state index in [4.69, 9.17) is 23.2 Å². The molecule has 1 aromatic carbocycles. The van der Waals surface area contributed by atoms with E-state index < -0.39 is 24.3 Å². The first-order chi connectivity index (χ1) is 11.3. The minimum absolute atomic E-state index is 0.118. The number of hydrogen-bond donors (Lipinski definition) is 1. The first kappa shape index (κ1) is 18.2. The van der Waals surface area contributed by atoms with Crippen molar-refractivity contribution in [1.29, 1.82) is 0 Å². The van der Waals surface area contributed by atoms with Crippen LogP contribution in [0.4, 0.5) is 0 Å². The zero-order valence-corrected chi connectivity index (χ0v) is 14.2. The third-order valence-corrected chi connectivity index (χ3v) is 4.14. The number of carbonyl (C=O) groups is 4. The van der Waals surface area contributed by atoms with Crippen LogP contribution in [0.5, 0.6) is 0 Å². The number of rotatable bonds is 6. The van der Waals surface area contributed by atoms with Crippen LogP contribution in [0.2, 0.25) is 10.0 Å². The van der Waals surface area contributed by atoms with Gasteiger partial charge in [-0.1, -0.05) is 23.2 Å². The van der Waals surface area contributed by atoms with Gasteiger partial charge in [0.1, 0.15) is 6.54 Å². The number of imide groups is 1. The van der Waals surface area contributed by atoms with E-state index in [1.54, 1.807) is 0 Å². The van der Waals surface area contributed by atoms with Crippen molar-refractivity contribution in [2.24, 2.45) is 0 Å². The highest BCUT2D eigenvalue weighted by Gasteiger charge is 2.37. The topological polar surface area (TPSA) is 92.8 Å². The average Bonchev–Trinajstić information content (AvgIpc) is 2.77. The molecule has 1 N–H and O–H groups in total. The second-order valence-corrected chi connectivity index (χ2v) is 5.85. The minimum atomic E-state index is -0.599. The van der Waals surface area contributed by atoms with E-state index in [0.29, 0.717) is 6.42 Å². The van der Waals surface area contributed by atoms with Gasteiger partial charge in [0.2, 0.25) is 5.91 Å². The third kappa shape index (κ3) is 3.85. The molecule has 3 amide bonds. The van der Waals surface area contributed by atoms with Crippen LogP contribution < -0.4 is 5.32 Å². The number of esters is 1. The van der Waals surface area contributed by atoms with Gasteiger partial charge in [0, 0.05) is 13.0 Å². The number of carbonyl (C=O) groups excluding carboxylic acids is 4. The van der Waals surface area contributed by atoms with Crippen molar-refractivity contribution in [3.05, 3.63) is 33.3 Å². The molecule has 0 atom stereocenters. The normalized spacial score (nSPS) is 13.0. The molecule has 0 bridgehead atoms. The lowest BCUT2D eigenvalue weighted by Gasteiger charge is -2.13. The van der Waals surface area contributed by atoms with Gasteiger partial charge >= 0.3 is 5.97 Å². The number of amides is 3. The summed E-state index contributed by atoms with van der Waals surface area (Å²) >= 11 is 11.7. The van der Waals surface area contributed by atoms with Gasteiger partial charge in [-0.05, 0) is 18.6 Å². The lowest BCUT2D eigenvalue weighted by Crippen LogP contribution is -2.40. The predicted octanol–water partition coefficient (Wildman–Crippen LogP) is 1.66. The van der Waals surface area contributed by atoms with Crippen molar-refractivity contribution in [3.8, 4) is 0 Å². The minimum Gasteiger partial charge on any atom is -0.469 e. The lowest BCUT2D eigenvalue weighted by atomic mass is 10.1. The summed E-state index contributed by atoms with van der Waals surface area (Å²) in [5.74, 6) is -2.08. The largest absolute Gasteiger partial charge is 0.469 e. The highest BCUT2D eigenvalue weighted by molar-refractivity contribution is 6.43. The van der Waals surface area contributed by atoms with E-state index in [-0.39, 0.29) is 40.1 Å². The molecule has 0 radical (unpaired) electrons. The quantitative estimate of drug-likeness (QED) is 0.465. The Morgan fingerprint density at radius 3 is 2.17 bits per heavy atom. The molecule has 1 heterocycles. The van der Waals surface area contributed by atoms with Crippen LogP contribution in [-0.2, 0) is 14.3 Å². The molecule has 0 aliphatic carbocycles. The van der Waals surface area contributed by atoms with Gasteiger partial charge in [-0.3, -0.25) is 24.1 Å². The van der Waals surface area contributed by atoms with Crippen LogP contribution in [0, 0.1) is 0 Å². The van der Waals surface area contributed by atoms with Gasteiger partial charge in [0.15, 0.2) is 0 Å². The van der Waals surface area contributed by atoms with Gasteiger partial charge in [-0.2, -0.15) is 0 Å². The van der Waals surface area contributed by atoms with Crippen molar-refractivity contribution >= 4 is 46.9 Å². The Balaban J connectivity index is 1.94. The molecule has 0 aromatic heterocycles. The summed E-state index contributed by atoms with van der Waals surface area (Å²) in [7, 11) is 1.28. The zero-order valence-electron chi connectivity index (χ0n) is 12.7. The molecule has 0 saturated carbocycles. The molecule has 7 nitrogen and oxygen atoms in total. The highest BCUT2D eigenvalue weighted by atomic mass is 35.5. The number of benzene rings is 1. The molecule has 24 heavy (non-hydrogen) atoms. The molecule has 128 valence electrons. The number of nitrogens with zero attached hydrogens (tertiary/aromatic N) is 1. The summed E-state index contributed by atoms with van der Waals surface area (Å²) in [6.07, 6.45) is 0.562. The van der Waals surface area contributed by atoms with Crippen LogP contribution in [0.3, 0.4) is 0 Å². The van der Waals surface area contributed by atoms with E-state index in [1.165, 1.54) is 19.2 Å². The smallest absolute Gasteiger partial charge is 0.305 e. The summed E-state index contributed by atoms with van der Waals surface area (Å²) in [5, 5.41) is 2.85. The molecule has 0 fully saturated rings. The van der Waals surface area contributed by atoms with Crippen LogP contribution >= 0.6 is 23.2 Å². The van der Waals surface area contributed by atoms with Crippen molar-refractivity contribution in [2.75, 3.05) is 20.2 Å². The fraction of sp³-hybridized carbons (Fsp3) is 0.333. The first-order valence-corrected chi connectivity index (χ1v) is 7.79. The van der Waals surface area contributed by atoms with Gasteiger partial charge in [-0.25, -0.2) is 0 Å². The van der Waals surface area contributed by atoms with Crippen molar-refractivity contribution < 1.29 is 23.9 Å². The van der Waals surface area contributed by atoms with Crippen molar-refractivity contribution in [2.45, 2.75) is 12.8 Å². The molecule has 1 aliphatic rings. The molecular formula is C15H14Cl2N2O5. The number of hydrogen-bond acceptors (Lipinski definition) is 5. The lowest BCUT2D eigenvalue weighted by molar-refractivity contribution is -0.140. The Kier molecular flexibility index (Phi) is 5.80. The molecule has 0 spiro atoms. The number of methoxy groups -OCH3 is 1. The van der Waals surface area contributed by atoms with Crippen LogP contribution in [-0.4, -0.2) is 48.8 Å². The molecule has 0 saturated heterocycles.